The summed E-state index contributed by atoms with van der Waals surface area (Å²) in [5, 5.41) is 3.33. The van der Waals surface area contributed by atoms with Crippen LogP contribution in [0.25, 0.3) is 0 Å². The Morgan fingerprint density at radius 1 is 1.00 bits per heavy atom. The summed E-state index contributed by atoms with van der Waals surface area (Å²) < 4.78 is 37.4. The van der Waals surface area contributed by atoms with Gasteiger partial charge in [0.25, 0.3) is 0 Å². The van der Waals surface area contributed by atoms with Gasteiger partial charge in [0.1, 0.15) is 17.5 Å². The lowest BCUT2D eigenvalue weighted by atomic mass is 10.1. The fraction of sp³-hybridized carbons (Fsp3) is 0.250. The first-order valence-electron chi connectivity index (χ1n) is 6.65. The van der Waals surface area contributed by atoms with E-state index in [1.165, 1.54) is 12.5 Å². The third kappa shape index (κ3) is 4.86. The number of rotatable bonds is 1. The largest absolute Gasteiger partial charge is 0.310 e. The summed E-state index contributed by atoms with van der Waals surface area (Å²) in [4.78, 5) is 0. The first-order valence-corrected chi connectivity index (χ1v) is 7.45. The van der Waals surface area contributed by atoms with Gasteiger partial charge >= 0.3 is 0 Å². The van der Waals surface area contributed by atoms with Crippen molar-refractivity contribution in [3.63, 3.8) is 0 Å². The van der Waals surface area contributed by atoms with Crippen molar-refractivity contribution in [2.24, 2.45) is 0 Å². The maximum absolute atomic E-state index is 12.8. The Kier molecular flexibility index (Phi) is 5.82. The molecule has 0 spiro atoms. The molecule has 21 heavy (non-hydrogen) atoms. The van der Waals surface area contributed by atoms with Crippen LogP contribution < -0.4 is 5.32 Å². The molecule has 1 heterocycles. The zero-order valence-electron chi connectivity index (χ0n) is 11.3. The van der Waals surface area contributed by atoms with Crippen LogP contribution in [-0.2, 0) is 0 Å². The van der Waals surface area contributed by atoms with Gasteiger partial charge < -0.3 is 5.32 Å². The number of benzene rings is 2. The first kappa shape index (κ1) is 16.0. The van der Waals surface area contributed by atoms with Crippen LogP contribution in [0.2, 0.25) is 0 Å². The molecular weight excluding hydrogens is 343 g/mol. The van der Waals surface area contributed by atoms with Gasteiger partial charge in [0.05, 0.1) is 4.47 Å². The zero-order chi connectivity index (χ0) is 15.2. The number of nitrogens with one attached hydrogen (secondary N) is 1. The summed E-state index contributed by atoms with van der Waals surface area (Å²) in [5.74, 6) is -1.03. The molecule has 3 rings (SSSR count). The quantitative estimate of drug-likeness (QED) is 0.710. The second-order valence-corrected chi connectivity index (χ2v) is 5.62. The fourth-order valence-corrected chi connectivity index (χ4v) is 2.51. The molecular formula is C16H15BrF3N. The molecule has 0 bridgehead atoms. The summed E-state index contributed by atoms with van der Waals surface area (Å²) in [6.45, 7) is 1.06. The topological polar surface area (TPSA) is 12.0 Å². The summed E-state index contributed by atoms with van der Waals surface area (Å²) in [5.41, 5.74) is 1.08. The Labute approximate surface area is 130 Å². The van der Waals surface area contributed by atoms with Crippen LogP contribution in [0.5, 0.6) is 0 Å². The van der Waals surface area contributed by atoms with Crippen LogP contribution in [-0.4, -0.2) is 6.54 Å². The van der Waals surface area contributed by atoms with E-state index in [4.69, 9.17) is 0 Å². The molecule has 1 atom stereocenters. The molecule has 1 saturated heterocycles. The van der Waals surface area contributed by atoms with E-state index >= 15 is 0 Å². The smallest absolute Gasteiger partial charge is 0.137 e. The summed E-state index contributed by atoms with van der Waals surface area (Å²) in [6, 6.07) is 10.4. The van der Waals surface area contributed by atoms with Crippen molar-refractivity contribution >= 4 is 15.9 Å². The highest BCUT2D eigenvalue weighted by molar-refractivity contribution is 9.10. The molecule has 1 nitrogen and oxygen atoms in total. The van der Waals surface area contributed by atoms with E-state index in [1.54, 1.807) is 12.1 Å². The Morgan fingerprint density at radius 3 is 2.33 bits per heavy atom. The highest BCUT2D eigenvalue weighted by Gasteiger charge is 2.15. The molecule has 0 aliphatic carbocycles. The lowest BCUT2D eigenvalue weighted by Crippen LogP contribution is -2.12. The van der Waals surface area contributed by atoms with Crippen molar-refractivity contribution < 1.29 is 13.2 Å². The van der Waals surface area contributed by atoms with E-state index in [9.17, 15) is 13.2 Å². The van der Waals surface area contributed by atoms with Gasteiger partial charge in [-0.2, -0.15) is 0 Å². The van der Waals surface area contributed by atoms with Crippen molar-refractivity contribution in [2.75, 3.05) is 6.54 Å². The van der Waals surface area contributed by atoms with E-state index in [1.807, 2.05) is 6.07 Å². The summed E-state index contributed by atoms with van der Waals surface area (Å²) in [7, 11) is 0. The molecule has 0 aromatic heterocycles. The lowest BCUT2D eigenvalue weighted by Gasteiger charge is -2.09. The average Bonchev–Trinajstić information content (AvgIpc) is 2.98. The van der Waals surface area contributed by atoms with Crippen molar-refractivity contribution in [3.05, 3.63) is 70.0 Å². The van der Waals surface area contributed by atoms with Gasteiger partial charge in [0.2, 0.25) is 0 Å². The molecule has 0 amide bonds. The van der Waals surface area contributed by atoms with Crippen LogP contribution in [0, 0.1) is 17.5 Å². The lowest BCUT2D eigenvalue weighted by molar-refractivity contribution is 0.594. The third-order valence-corrected chi connectivity index (χ3v) is 3.80. The second-order valence-electron chi connectivity index (χ2n) is 4.76. The van der Waals surface area contributed by atoms with Gasteiger partial charge in [-0.05, 0) is 71.2 Å². The normalized spacial score (nSPS) is 17.2. The van der Waals surface area contributed by atoms with Crippen molar-refractivity contribution in [1.29, 1.82) is 0 Å². The van der Waals surface area contributed by atoms with E-state index in [0.717, 1.165) is 36.7 Å². The van der Waals surface area contributed by atoms with Crippen molar-refractivity contribution in [2.45, 2.75) is 18.9 Å². The first-order chi connectivity index (χ1) is 10.1. The van der Waals surface area contributed by atoms with Crippen LogP contribution in [0.15, 0.2) is 46.9 Å². The Morgan fingerprint density at radius 2 is 1.76 bits per heavy atom. The van der Waals surface area contributed by atoms with Crippen LogP contribution in [0.3, 0.4) is 0 Å². The molecule has 0 saturated carbocycles. The predicted octanol–water partition coefficient (Wildman–Crippen LogP) is 4.98. The highest BCUT2D eigenvalue weighted by Crippen LogP contribution is 2.22. The highest BCUT2D eigenvalue weighted by atomic mass is 79.9. The molecule has 112 valence electrons. The molecule has 1 N–H and O–H groups in total. The monoisotopic (exact) mass is 357 g/mol. The maximum atomic E-state index is 12.8. The third-order valence-electron chi connectivity index (χ3n) is 3.19. The van der Waals surface area contributed by atoms with E-state index in [2.05, 4.69) is 21.2 Å². The van der Waals surface area contributed by atoms with Crippen molar-refractivity contribution in [1.82, 2.24) is 5.32 Å². The van der Waals surface area contributed by atoms with Gasteiger partial charge in [-0.3, -0.25) is 0 Å². The van der Waals surface area contributed by atoms with E-state index in [0.29, 0.717) is 6.04 Å². The predicted molar refractivity (Wildman–Crippen MR) is 80.4 cm³/mol. The molecule has 5 heteroatoms. The van der Waals surface area contributed by atoms with E-state index in [-0.39, 0.29) is 10.3 Å². The molecule has 1 fully saturated rings. The maximum Gasteiger partial charge on any atom is 0.137 e. The number of hydrogen-bond donors (Lipinski definition) is 1. The molecule has 0 radical (unpaired) electrons. The van der Waals surface area contributed by atoms with Gasteiger partial charge in [-0.15, -0.1) is 0 Å². The van der Waals surface area contributed by atoms with Crippen molar-refractivity contribution in [3.8, 4) is 0 Å². The minimum atomic E-state index is -0.448. The molecule has 1 aliphatic rings. The van der Waals surface area contributed by atoms with Gasteiger partial charge in [-0.25, -0.2) is 13.2 Å². The molecule has 0 unspecified atom stereocenters. The minimum Gasteiger partial charge on any atom is -0.310 e. The Balaban J connectivity index is 0.000000161. The number of halogens is 4. The van der Waals surface area contributed by atoms with Crippen LogP contribution in [0.4, 0.5) is 13.2 Å². The fourth-order valence-electron chi connectivity index (χ4n) is 2.16. The Bertz CT molecular complexity index is 598. The van der Waals surface area contributed by atoms with Gasteiger partial charge in [0, 0.05) is 6.04 Å². The molecule has 1 aliphatic heterocycles. The summed E-state index contributed by atoms with van der Waals surface area (Å²) in [6.07, 6.45) is 2.32. The van der Waals surface area contributed by atoms with E-state index < -0.39 is 11.6 Å². The van der Waals surface area contributed by atoms with Gasteiger partial charge in [-0.1, -0.05) is 12.1 Å². The standard InChI is InChI=1S/C10H12FN.C6H3BrF2/c11-9-4-1-3-8(7-9)10-5-2-6-12-10;7-5-3-4(8)1-2-6(5)9/h1,3-4,7,10,12H,2,5-6H2;1-3H/t10-;/m1./s1. The minimum absolute atomic E-state index is 0.138. The van der Waals surface area contributed by atoms with Crippen LogP contribution >= 0.6 is 15.9 Å². The molecule has 2 aromatic carbocycles. The van der Waals surface area contributed by atoms with Gasteiger partial charge in [0.15, 0.2) is 0 Å². The zero-order valence-corrected chi connectivity index (χ0v) is 12.8. The second kappa shape index (κ2) is 7.61. The summed E-state index contributed by atoms with van der Waals surface area (Å²) >= 11 is 2.83. The average molecular weight is 358 g/mol. The van der Waals surface area contributed by atoms with Crippen LogP contribution in [0.1, 0.15) is 24.4 Å². The molecule has 2 aromatic rings. The number of hydrogen-bond acceptors (Lipinski definition) is 1. The SMILES string of the molecule is Fc1ccc(F)c(Br)c1.Fc1cccc([C@H]2CCCN2)c1. The Hall–Kier alpha value is -1.33.